The lowest BCUT2D eigenvalue weighted by atomic mass is 10.00. The second-order valence-corrected chi connectivity index (χ2v) is 4.69. The first kappa shape index (κ1) is 16.4. The van der Waals surface area contributed by atoms with Crippen LogP contribution in [0.3, 0.4) is 0 Å². The molecule has 1 N–H and O–H groups in total. The fourth-order valence-electron chi connectivity index (χ4n) is 1.81. The molecule has 0 fully saturated rings. The summed E-state index contributed by atoms with van der Waals surface area (Å²) in [5.41, 5.74) is 1.99. The van der Waals surface area contributed by atoms with E-state index in [1.54, 1.807) is 12.1 Å². The third-order valence-corrected chi connectivity index (χ3v) is 2.88. The summed E-state index contributed by atoms with van der Waals surface area (Å²) in [5.74, 6) is 0.704. The Labute approximate surface area is 118 Å². The largest absolute Gasteiger partial charge is 0.493 e. The van der Waals surface area contributed by atoms with Crippen LogP contribution >= 0.6 is 0 Å². The number of alkyl halides is 2. The van der Waals surface area contributed by atoms with Crippen molar-refractivity contribution in [3.63, 3.8) is 0 Å². The molecule has 5 heteroatoms. The molecule has 0 atom stereocenters. The van der Waals surface area contributed by atoms with Gasteiger partial charge in [-0.2, -0.15) is 8.78 Å². The number of rotatable bonds is 7. The molecular formula is C15H21F2NO2. The van der Waals surface area contributed by atoms with E-state index in [0.717, 1.165) is 12.1 Å². The molecule has 0 unspecified atom stereocenters. The number of nitrogens with one attached hydrogen (secondary N) is 1. The van der Waals surface area contributed by atoms with Crippen molar-refractivity contribution in [3.05, 3.63) is 29.3 Å². The predicted octanol–water partition coefficient (Wildman–Crippen LogP) is 3.56. The maximum Gasteiger partial charge on any atom is 0.387 e. The summed E-state index contributed by atoms with van der Waals surface area (Å²) < 4.78 is 34.2. The van der Waals surface area contributed by atoms with E-state index in [1.165, 1.54) is 12.7 Å². The van der Waals surface area contributed by atoms with Gasteiger partial charge in [0.1, 0.15) is 0 Å². The van der Waals surface area contributed by atoms with Crippen molar-refractivity contribution < 1.29 is 18.3 Å². The van der Waals surface area contributed by atoms with Crippen molar-refractivity contribution in [2.75, 3.05) is 20.7 Å². The Bertz CT molecular complexity index is 459. The number of hydrogen-bond acceptors (Lipinski definition) is 3. The zero-order valence-corrected chi connectivity index (χ0v) is 12.2. The predicted molar refractivity (Wildman–Crippen MR) is 76.4 cm³/mol. The minimum Gasteiger partial charge on any atom is -0.493 e. The highest BCUT2D eigenvalue weighted by Crippen LogP contribution is 2.30. The number of benzene rings is 1. The Balaban J connectivity index is 3.09. The first-order chi connectivity index (χ1) is 9.47. The first-order valence-electron chi connectivity index (χ1n) is 6.45. The summed E-state index contributed by atoms with van der Waals surface area (Å²) >= 11 is 0. The van der Waals surface area contributed by atoms with Crippen LogP contribution in [0.1, 0.15) is 19.4 Å². The summed E-state index contributed by atoms with van der Waals surface area (Å²) in [7, 11) is 3.29. The van der Waals surface area contributed by atoms with Crippen LogP contribution in [-0.4, -0.2) is 27.3 Å². The smallest absolute Gasteiger partial charge is 0.387 e. The molecule has 0 aromatic heterocycles. The van der Waals surface area contributed by atoms with Gasteiger partial charge in [0, 0.05) is 6.54 Å². The highest BCUT2D eigenvalue weighted by molar-refractivity contribution is 5.58. The monoisotopic (exact) mass is 285 g/mol. The van der Waals surface area contributed by atoms with Gasteiger partial charge in [-0.1, -0.05) is 31.6 Å². The summed E-state index contributed by atoms with van der Waals surface area (Å²) in [4.78, 5) is 0. The Morgan fingerprint density at radius 1 is 1.30 bits per heavy atom. The Morgan fingerprint density at radius 3 is 2.50 bits per heavy atom. The van der Waals surface area contributed by atoms with E-state index < -0.39 is 6.61 Å². The lowest BCUT2D eigenvalue weighted by Gasteiger charge is -2.13. The van der Waals surface area contributed by atoms with Crippen LogP contribution < -0.4 is 14.8 Å². The van der Waals surface area contributed by atoms with Crippen LogP contribution in [0.25, 0.3) is 6.08 Å². The van der Waals surface area contributed by atoms with Gasteiger partial charge in [0.2, 0.25) is 0 Å². The highest BCUT2D eigenvalue weighted by Gasteiger charge is 2.11. The van der Waals surface area contributed by atoms with Crippen molar-refractivity contribution in [2.45, 2.75) is 20.5 Å². The second kappa shape index (κ2) is 7.85. The van der Waals surface area contributed by atoms with Crippen LogP contribution in [0.2, 0.25) is 0 Å². The lowest BCUT2D eigenvalue weighted by molar-refractivity contribution is -0.0512. The molecular weight excluding hydrogens is 264 g/mol. The molecule has 20 heavy (non-hydrogen) atoms. The number of hydrogen-bond donors (Lipinski definition) is 1. The third-order valence-electron chi connectivity index (χ3n) is 2.88. The molecule has 1 aromatic rings. The van der Waals surface area contributed by atoms with Crippen molar-refractivity contribution in [1.82, 2.24) is 5.32 Å². The molecule has 0 saturated heterocycles. The Morgan fingerprint density at radius 2 is 2.00 bits per heavy atom. The van der Waals surface area contributed by atoms with Crippen LogP contribution in [0.5, 0.6) is 11.5 Å². The van der Waals surface area contributed by atoms with Gasteiger partial charge >= 0.3 is 6.61 Å². The molecule has 0 aliphatic carbocycles. The second-order valence-electron chi connectivity index (χ2n) is 4.69. The number of halogens is 2. The lowest BCUT2D eigenvalue weighted by Crippen LogP contribution is -2.13. The van der Waals surface area contributed by atoms with E-state index in [-0.39, 0.29) is 5.75 Å². The van der Waals surface area contributed by atoms with E-state index in [9.17, 15) is 8.78 Å². The molecule has 0 aliphatic heterocycles. The summed E-state index contributed by atoms with van der Waals surface area (Å²) in [6, 6.07) is 5.00. The molecule has 0 bridgehead atoms. The quantitative estimate of drug-likeness (QED) is 0.831. The van der Waals surface area contributed by atoms with Gasteiger partial charge < -0.3 is 14.8 Å². The van der Waals surface area contributed by atoms with E-state index in [1.807, 2.05) is 19.2 Å². The van der Waals surface area contributed by atoms with E-state index in [4.69, 9.17) is 4.74 Å². The molecule has 0 saturated carbocycles. The summed E-state index contributed by atoms with van der Waals surface area (Å²) in [6.07, 6.45) is 1.97. The third kappa shape index (κ3) is 4.81. The van der Waals surface area contributed by atoms with Crippen LogP contribution in [-0.2, 0) is 0 Å². The maximum absolute atomic E-state index is 12.4. The van der Waals surface area contributed by atoms with Gasteiger partial charge in [-0.05, 0) is 30.7 Å². The number of methoxy groups -OCH3 is 1. The molecule has 1 aromatic carbocycles. The zero-order valence-electron chi connectivity index (χ0n) is 12.2. The average Bonchev–Trinajstić information content (AvgIpc) is 2.37. The van der Waals surface area contributed by atoms with Gasteiger partial charge in [0.15, 0.2) is 11.5 Å². The van der Waals surface area contributed by atoms with Gasteiger partial charge in [-0.15, -0.1) is 0 Å². The van der Waals surface area contributed by atoms with Crippen LogP contribution in [0.15, 0.2) is 23.8 Å². The Kier molecular flexibility index (Phi) is 6.45. The normalized spacial score (nSPS) is 12.1. The topological polar surface area (TPSA) is 30.5 Å². The molecule has 0 heterocycles. The molecule has 1 rings (SSSR count). The number of likely N-dealkylation sites (N-methyl/N-ethyl adjacent to an activating group) is 1. The fourth-order valence-corrected chi connectivity index (χ4v) is 1.81. The summed E-state index contributed by atoms with van der Waals surface area (Å²) in [5, 5.41) is 3.09. The van der Waals surface area contributed by atoms with Gasteiger partial charge in [0.05, 0.1) is 7.11 Å². The summed E-state index contributed by atoms with van der Waals surface area (Å²) in [6.45, 7) is 2.05. The van der Waals surface area contributed by atoms with Crippen LogP contribution in [0.4, 0.5) is 8.78 Å². The van der Waals surface area contributed by atoms with E-state index in [2.05, 4.69) is 23.9 Å². The molecule has 0 radical (unpaired) electrons. The van der Waals surface area contributed by atoms with Gasteiger partial charge in [-0.3, -0.25) is 0 Å². The SMILES string of the molecule is CNCC(=Cc1ccc(OC)c(OC(F)F)c1)C(C)C. The van der Waals surface area contributed by atoms with Crippen LogP contribution in [0, 0.1) is 5.92 Å². The first-order valence-corrected chi connectivity index (χ1v) is 6.45. The zero-order chi connectivity index (χ0) is 15.1. The van der Waals surface area contributed by atoms with Gasteiger partial charge in [0.25, 0.3) is 0 Å². The average molecular weight is 285 g/mol. The highest BCUT2D eigenvalue weighted by atomic mass is 19.3. The molecule has 0 amide bonds. The van der Waals surface area contributed by atoms with E-state index in [0.29, 0.717) is 11.7 Å². The van der Waals surface area contributed by atoms with Crippen molar-refractivity contribution >= 4 is 6.08 Å². The van der Waals surface area contributed by atoms with Crippen molar-refractivity contribution in [2.24, 2.45) is 5.92 Å². The minimum atomic E-state index is -2.87. The van der Waals surface area contributed by atoms with Crippen molar-refractivity contribution in [3.8, 4) is 11.5 Å². The Hall–Kier alpha value is -1.62. The van der Waals surface area contributed by atoms with Crippen molar-refractivity contribution in [1.29, 1.82) is 0 Å². The molecule has 0 spiro atoms. The fraction of sp³-hybridized carbons (Fsp3) is 0.467. The minimum absolute atomic E-state index is 0.0452. The van der Waals surface area contributed by atoms with Gasteiger partial charge in [-0.25, -0.2) is 0 Å². The molecule has 0 aliphatic rings. The standard InChI is InChI=1S/C15H21F2NO2/c1-10(2)12(9-18-3)7-11-5-6-13(19-4)14(8-11)20-15(16)17/h5-8,10,15,18H,9H2,1-4H3. The number of ether oxygens (including phenoxy) is 2. The van der Waals surface area contributed by atoms with E-state index >= 15 is 0 Å². The maximum atomic E-state index is 12.4. The molecule has 112 valence electrons. The molecule has 3 nitrogen and oxygen atoms in total.